The van der Waals surface area contributed by atoms with Gasteiger partial charge in [-0.2, -0.15) is 26.3 Å². The van der Waals surface area contributed by atoms with Crippen LogP contribution < -0.4 is 10.6 Å². The van der Waals surface area contributed by atoms with E-state index in [0.29, 0.717) is 6.17 Å². The van der Waals surface area contributed by atoms with Crippen molar-refractivity contribution in [3.8, 4) is 0 Å². The first-order valence-corrected chi connectivity index (χ1v) is 11.8. The van der Waals surface area contributed by atoms with Gasteiger partial charge < -0.3 is 24.6 Å². The lowest BCUT2D eigenvalue weighted by Crippen LogP contribution is -2.38. The van der Waals surface area contributed by atoms with Gasteiger partial charge in [0.15, 0.2) is 20.0 Å². The summed E-state index contributed by atoms with van der Waals surface area (Å²) in [6, 6.07) is -0.0611. The maximum atomic E-state index is 11.4. The zero-order chi connectivity index (χ0) is 25.4. The number of alkyl halides is 6. The lowest BCUT2D eigenvalue weighted by Gasteiger charge is -2.26. The van der Waals surface area contributed by atoms with Gasteiger partial charge in [-0.3, -0.25) is 0 Å². The molecule has 10 nitrogen and oxygen atoms in total. The Morgan fingerprint density at radius 1 is 0.969 bits per heavy atom. The molecule has 0 aromatic carbocycles. The van der Waals surface area contributed by atoms with Gasteiger partial charge in [-0.1, -0.05) is 6.92 Å². The summed E-state index contributed by atoms with van der Waals surface area (Å²) < 4.78 is 109. The summed E-state index contributed by atoms with van der Waals surface area (Å²) >= 11 is 0. The van der Waals surface area contributed by atoms with Crippen LogP contribution >= 0.6 is 0 Å². The van der Waals surface area contributed by atoms with Gasteiger partial charge >= 0.3 is 17.0 Å². The van der Waals surface area contributed by atoms with Gasteiger partial charge in [0.1, 0.15) is 0 Å². The van der Waals surface area contributed by atoms with Crippen LogP contribution in [0.4, 0.5) is 31.1 Å². The zero-order valence-corrected chi connectivity index (χ0v) is 18.9. The largest absolute Gasteiger partial charge is 0.480 e. The van der Waals surface area contributed by atoms with Crippen molar-refractivity contribution in [1.29, 1.82) is 0 Å². The maximum Gasteiger partial charge on any atom is 0.480 e. The molecule has 0 spiro atoms. The Labute approximate surface area is 182 Å². The molecule has 1 unspecified atom stereocenters. The molecule has 0 fully saturated rings. The minimum atomic E-state index is -6.72. The van der Waals surface area contributed by atoms with E-state index in [9.17, 15) is 48.0 Å². The quantitative estimate of drug-likeness (QED) is 0.371. The van der Waals surface area contributed by atoms with Crippen molar-refractivity contribution in [2.24, 2.45) is 0 Å². The number of nitrogens with zero attached hydrogens (tertiary/aromatic N) is 3. The fraction of sp³-hybridized carbons (Fsp3) is 0.786. The van der Waals surface area contributed by atoms with Crippen LogP contribution in [0.5, 0.6) is 0 Å². The highest BCUT2D eigenvalue weighted by molar-refractivity contribution is 8.13. The van der Waals surface area contributed by atoms with Crippen LogP contribution in [0.2, 0.25) is 0 Å². The third kappa shape index (κ3) is 9.68. The van der Waals surface area contributed by atoms with E-state index in [-0.39, 0.29) is 6.03 Å². The number of carbonyl (C=O) groups is 1. The molecule has 2 N–H and O–H groups in total. The molecule has 0 saturated heterocycles. The van der Waals surface area contributed by atoms with E-state index in [1.165, 1.54) is 0 Å². The van der Waals surface area contributed by atoms with Gasteiger partial charge in [0, 0.05) is 39.1 Å². The predicted octanol–water partition coefficient (Wildman–Crippen LogP) is 2.21. The average molecular weight is 520 g/mol. The fourth-order valence-electron chi connectivity index (χ4n) is 1.91. The van der Waals surface area contributed by atoms with Crippen LogP contribution in [-0.4, -0.2) is 76.5 Å². The van der Waals surface area contributed by atoms with Crippen molar-refractivity contribution in [3.05, 3.63) is 16.5 Å². The standard InChI is InChI=1S/C12H24N4O.C2F6NO4S2/c1-4-6-13-12(17)14-7-5-8-16-10-9-15(3)11(16)2;3-1(4,5)14(10,11)9-15(12,13)2(6,7)8/h9-11H,4-8H2,1-3H3,(H2,13,14,17);/q;-1. The Bertz CT molecular complexity index is 803. The summed E-state index contributed by atoms with van der Waals surface area (Å²) in [4.78, 5) is 15.7. The van der Waals surface area contributed by atoms with E-state index < -0.39 is 31.1 Å². The number of sulfonamides is 2. The maximum absolute atomic E-state index is 11.4. The molecule has 0 aromatic heterocycles. The van der Waals surface area contributed by atoms with Crippen molar-refractivity contribution in [2.45, 2.75) is 43.9 Å². The summed E-state index contributed by atoms with van der Waals surface area (Å²) in [6.07, 6.45) is 6.52. The normalized spacial score (nSPS) is 17.1. The summed E-state index contributed by atoms with van der Waals surface area (Å²) in [6.45, 7) is 6.63. The van der Waals surface area contributed by atoms with Gasteiger partial charge in [0.25, 0.3) is 0 Å². The van der Waals surface area contributed by atoms with Crippen molar-refractivity contribution in [2.75, 3.05) is 26.7 Å². The molecule has 1 aliphatic heterocycles. The smallest absolute Gasteiger partial charge is 0.421 e. The van der Waals surface area contributed by atoms with Crippen molar-refractivity contribution >= 4 is 26.1 Å². The molecule has 0 radical (unpaired) electrons. The highest BCUT2D eigenvalue weighted by atomic mass is 32.3. The molecule has 1 aliphatic rings. The average Bonchev–Trinajstić information content (AvgIpc) is 2.93. The topological polar surface area (TPSA) is 130 Å². The number of hydrogen-bond acceptors (Lipinski definition) is 7. The Morgan fingerprint density at radius 2 is 1.44 bits per heavy atom. The van der Waals surface area contributed by atoms with Gasteiger partial charge in [-0.05, 0) is 19.8 Å². The van der Waals surface area contributed by atoms with Gasteiger partial charge in [0.05, 0.1) is 6.17 Å². The SMILES string of the molecule is CCCNC(=O)NCCCN1C=CN(C)C1C.O=S(=O)([N-]S(=O)(=O)C(F)(F)F)C(F)(F)F. The second kappa shape index (κ2) is 11.8. The van der Waals surface area contributed by atoms with Crippen LogP contribution in [0.3, 0.4) is 0 Å². The molecule has 32 heavy (non-hydrogen) atoms. The minimum absolute atomic E-state index is 0.0611. The summed E-state index contributed by atoms with van der Waals surface area (Å²) in [7, 11) is -11.4. The monoisotopic (exact) mass is 520 g/mol. The first kappa shape index (κ1) is 30.0. The van der Waals surface area contributed by atoms with E-state index >= 15 is 0 Å². The molecule has 0 bridgehead atoms. The Balaban J connectivity index is 0.000000607. The van der Waals surface area contributed by atoms with Crippen LogP contribution in [0, 0.1) is 0 Å². The van der Waals surface area contributed by atoms with Gasteiger partial charge in [0.2, 0.25) is 0 Å². The van der Waals surface area contributed by atoms with Gasteiger partial charge in [-0.25, -0.2) is 21.6 Å². The van der Waals surface area contributed by atoms with E-state index in [4.69, 9.17) is 0 Å². The fourth-order valence-corrected chi connectivity index (χ4v) is 3.62. The van der Waals surface area contributed by atoms with Crippen molar-refractivity contribution < 1.29 is 48.0 Å². The first-order valence-electron chi connectivity index (χ1n) is 8.90. The van der Waals surface area contributed by atoms with Crippen molar-refractivity contribution in [3.63, 3.8) is 0 Å². The number of carbonyl (C=O) groups excluding carboxylic acids is 1. The van der Waals surface area contributed by atoms with Crippen molar-refractivity contribution in [1.82, 2.24) is 20.4 Å². The molecular formula is C14H24F6N5O5S2-. The highest BCUT2D eigenvalue weighted by Gasteiger charge is 2.46. The van der Waals surface area contributed by atoms with E-state index in [1.54, 1.807) is 0 Å². The molecule has 0 aliphatic carbocycles. The molecule has 2 amide bonds. The summed E-state index contributed by atoms with van der Waals surface area (Å²) in [5, 5.41) is 5.64. The van der Waals surface area contributed by atoms with Crippen LogP contribution in [0.25, 0.3) is 4.13 Å². The van der Waals surface area contributed by atoms with Crippen LogP contribution in [0.15, 0.2) is 12.4 Å². The molecule has 1 rings (SSSR count). The number of halogens is 6. The molecule has 1 atom stereocenters. The molecule has 0 saturated carbocycles. The molecule has 18 heteroatoms. The number of rotatable bonds is 8. The molecule has 1 heterocycles. The van der Waals surface area contributed by atoms with E-state index in [2.05, 4.69) is 46.8 Å². The van der Waals surface area contributed by atoms with Crippen LogP contribution in [0.1, 0.15) is 26.7 Å². The number of amides is 2. The van der Waals surface area contributed by atoms with E-state index in [1.807, 2.05) is 6.92 Å². The molecular weight excluding hydrogens is 496 g/mol. The van der Waals surface area contributed by atoms with Crippen LogP contribution in [-0.2, 0) is 20.0 Å². The Hall–Kier alpha value is -1.95. The third-order valence-corrected chi connectivity index (χ3v) is 6.50. The van der Waals surface area contributed by atoms with E-state index in [0.717, 1.165) is 36.6 Å². The molecule has 190 valence electrons. The number of nitrogens with one attached hydrogen (secondary N) is 2. The summed E-state index contributed by atoms with van der Waals surface area (Å²) in [5.74, 6) is 0. The van der Waals surface area contributed by atoms with Gasteiger partial charge in [-0.15, -0.1) is 0 Å². The molecule has 0 aromatic rings. The second-order valence-corrected chi connectivity index (χ2v) is 9.71. The summed E-state index contributed by atoms with van der Waals surface area (Å²) in [5.41, 5.74) is -12.4. The second-order valence-electron chi connectivity index (χ2n) is 6.29. The number of urea groups is 1. The Kier molecular flexibility index (Phi) is 11.1. The lowest BCUT2D eigenvalue weighted by atomic mass is 10.3. The zero-order valence-electron chi connectivity index (χ0n) is 17.2. The highest BCUT2D eigenvalue weighted by Crippen LogP contribution is 2.36. The Morgan fingerprint density at radius 3 is 1.81 bits per heavy atom. The first-order chi connectivity index (χ1) is 14.4. The predicted molar refractivity (Wildman–Crippen MR) is 103 cm³/mol. The number of hydrogen-bond donors (Lipinski definition) is 2. The third-order valence-electron chi connectivity index (χ3n) is 3.76. The minimum Gasteiger partial charge on any atom is -0.421 e. The lowest BCUT2D eigenvalue weighted by molar-refractivity contribution is -0.0444.